The largest absolute Gasteiger partial charge is 0.486 e. The number of ether oxygens (including phenoxy) is 2. The molecule has 1 saturated heterocycles. The molecule has 2 aromatic carbocycles. The number of aromatic nitrogens is 1. The van der Waals surface area contributed by atoms with E-state index < -0.39 is 0 Å². The zero-order valence-corrected chi connectivity index (χ0v) is 18.9. The Kier molecular flexibility index (Phi) is 8.26. The highest BCUT2D eigenvalue weighted by Gasteiger charge is 2.14. The molecule has 1 aliphatic heterocycles. The van der Waals surface area contributed by atoms with Crippen LogP contribution in [0.15, 0.2) is 65.2 Å². The zero-order valence-electron chi connectivity index (χ0n) is 18.9. The maximum atomic E-state index is 12.3. The molecule has 1 aliphatic rings. The quantitative estimate of drug-likeness (QED) is 0.445. The van der Waals surface area contributed by atoms with E-state index in [-0.39, 0.29) is 24.1 Å². The highest BCUT2D eigenvalue weighted by atomic mass is 16.5. The van der Waals surface area contributed by atoms with E-state index in [2.05, 4.69) is 20.7 Å². The number of anilines is 1. The Morgan fingerprint density at radius 1 is 1.00 bits per heavy atom. The van der Waals surface area contributed by atoms with Gasteiger partial charge in [0.05, 0.1) is 13.2 Å². The number of nitrogens with one attached hydrogen (secondary N) is 2. The fourth-order valence-corrected chi connectivity index (χ4v) is 3.49. The molecule has 4 rings (SSSR count). The zero-order chi connectivity index (χ0) is 23.6. The smallest absolute Gasteiger partial charge is 0.273 e. The van der Waals surface area contributed by atoms with Crippen molar-refractivity contribution in [2.45, 2.75) is 13.0 Å². The summed E-state index contributed by atoms with van der Waals surface area (Å²) in [6.45, 7) is 5.04. The van der Waals surface area contributed by atoms with Gasteiger partial charge in [0.1, 0.15) is 12.4 Å². The highest BCUT2D eigenvalue weighted by molar-refractivity contribution is 6.04. The minimum atomic E-state index is -0.268. The van der Waals surface area contributed by atoms with E-state index in [1.807, 2.05) is 18.2 Å². The summed E-state index contributed by atoms with van der Waals surface area (Å²) in [5.41, 5.74) is 1.47. The van der Waals surface area contributed by atoms with Crippen LogP contribution < -0.4 is 15.4 Å². The van der Waals surface area contributed by atoms with Gasteiger partial charge in [0, 0.05) is 37.0 Å². The normalized spacial score (nSPS) is 13.9. The molecule has 2 N–H and O–H groups in total. The van der Waals surface area contributed by atoms with Crippen molar-refractivity contribution in [1.82, 2.24) is 15.4 Å². The molecule has 9 nitrogen and oxygen atoms in total. The topological polar surface area (TPSA) is 106 Å². The lowest BCUT2D eigenvalue weighted by molar-refractivity contribution is 0.0374. The van der Waals surface area contributed by atoms with Crippen LogP contribution in [0.3, 0.4) is 0 Å². The Morgan fingerprint density at radius 2 is 1.76 bits per heavy atom. The van der Waals surface area contributed by atoms with E-state index in [9.17, 15) is 9.59 Å². The fourth-order valence-electron chi connectivity index (χ4n) is 3.49. The third-order valence-corrected chi connectivity index (χ3v) is 5.36. The Morgan fingerprint density at radius 3 is 2.53 bits per heavy atom. The first-order valence-electron chi connectivity index (χ1n) is 11.3. The van der Waals surface area contributed by atoms with Crippen LogP contribution in [0.4, 0.5) is 5.69 Å². The number of amides is 2. The second kappa shape index (κ2) is 12.0. The van der Waals surface area contributed by atoms with E-state index in [0.717, 1.165) is 39.3 Å². The molecule has 1 fully saturated rings. The van der Waals surface area contributed by atoms with Crippen LogP contribution in [0.25, 0.3) is 0 Å². The molecule has 0 saturated carbocycles. The third kappa shape index (κ3) is 6.90. The molecule has 3 aromatic rings. The van der Waals surface area contributed by atoms with Crippen LogP contribution in [-0.2, 0) is 11.3 Å². The molecule has 0 spiro atoms. The standard InChI is InChI=1S/C25H28N4O5/c30-24(19-5-2-1-3-6-19)27-20-7-9-21(10-8-20)33-18-22-17-23(28-34-22)25(31)26-11-4-12-29-13-15-32-16-14-29/h1-3,5-10,17H,4,11-16,18H2,(H,26,31)(H,27,30). The monoisotopic (exact) mass is 464 g/mol. The minimum Gasteiger partial charge on any atom is -0.486 e. The molecule has 0 bridgehead atoms. The van der Waals surface area contributed by atoms with Gasteiger partial charge in [-0.2, -0.15) is 0 Å². The van der Waals surface area contributed by atoms with E-state index in [1.54, 1.807) is 42.5 Å². The van der Waals surface area contributed by atoms with Crippen molar-refractivity contribution >= 4 is 17.5 Å². The van der Waals surface area contributed by atoms with Gasteiger partial charge >= 0.3 is 0 Å². The average Bonchev–Trinajstić information content (AvgIpc) is 3.36. The molecule has 2 amide bonds. The van der Waals surface area contributed by atoms with Gasteiger partial charge in [0.15, 0.2) is 11.5 Å². The van der Waals surface area contributed by atoms with Crippen LogP contribution >= 0.6 is 0 Å². The van der Waals surface area contributed by atoms with Gasteiger partial charge in [0.2, 0.25) is 0 Å². The summed E-state index contributed by atoms with van der Waals surface area (Å²) in [6.07, 6.45) is 0.862. The molecule has 0 atom stereocenters. The molecule has 0 unspecified atom stereocenters. The number of rotatable bonds is 10. The Bertz CT molecular complexity index is 1060. The predicted molar refractivity (Wildman–Crippen MR) is 126 cm³/mol. The Balaban J connectivity index is 1.18. The molecular formula is C25H28N4O5. The van der Waals surface area contributed by atoms with Crippen molar-refractivity contribution < 1.29 is 23.6 Å². The average molecular weight is 465 g/mol. The van der Waals surface area contributed by atoms with Crippen LogP contribution in [0.5, 0.6) is 5.75 Å². The van der Waals surface area contributed by atoms with Crippen LogP contribution in [0, 0.1) is 0 Å². The fraction of sp³-hybridized carbons (Fsp3) is 0.320. The van der Waals surface area contributed by atoms with Crippen molar-refractivity contribution in [3.8, 4) is 5.75 Å². The summed E-state index contributed by atoms with van der Waals surface area (Å²) in [7, 11) is 0. The summed E-state index contributed by atoms with van der Waals surface area (Å²) in [6, 6.07) is 17.6. The first kappa shape index (κ1) is 23.5. The number of carbonyl (C=O) groups excluding carboxylic acids is 2. The lowest BCUT2D eigenvalue weighted by Crippen LogP contribution is -2.38. The molecule has 1 aromatic heterocycles. The lowest BCUT2D eigenvalue weighted by atomic mass is 10.2. The third-order valence-electron chi connectivity index (χ3n) is 5.36. The van der Waals surface area contributed by atoms with Gasteiger partial charge in [0.25, 0.3) is 11.8 Å². The van der Waals surface area contributed by atoms with Crippen molar-refractivity contribution in [2.75, 3.05) is 44.7 Å². The number of nitrogens with zero attached hydrogens (tertiary/aromatic N) is 2. The van der Waals surface area contributed by atoms with Gasteiger partial charge in [-0.05, 0) is 49.4 Å². The molecular weight excluding hydrogens is 436 g/mol. The van der Waals surface area contributed by atoms with Gasteiger partial charge < -0.3 is 24.6 Å². The summed E-state index contributed by atoms with van der Waals surface area (Å²) >= 11 is 0. The Labute approximate surface area is 198 Å². The minimum absolute atomic E-state index is 0.132. The van der Waals surface area contributed by atoms with E-state index in [0.29, 0.717) is 29.3 Å². The number of hydrogen-bond acceptors (Lipinski definition) is 7. The van der Waals surface area contributed by atoms with Crippen molar-refractivity contribution in [3.05, 3.63) is 77.7 Å². The van der Waals surface area contributed by atoms with Crippen molar-refractivity contribution in [1.29, 1.82) is 0 Å². The van der Waals surface area contributed by atoms with Gasteiger partial charge in [-0.3, -0.25) is 14.5 Å². The van der Waals surface area contributed by atoms with E-state index in [1.165, 1.54) is 0 Å². The molecule has 0 radical (unpaired) electrons. The highest BCUT2D eigenvalue weighted by Crippen LogP contribution is 2.18. The molecule has 9 heteroatoms. The summed E-state index contributed by atoms with van der Waals surface area (Å²) < 4.78 is 16.3. The Hall–Kier alpha value is -3.69. The second-order valence-corrected chi connectivity index (χ2v) is 7.88. The maximum absolute atomic E-state index is 12.3. The number of carbonyl (C=O) groups is 2. The van der Waals surface area contributed by atoms with Crippen molar-refractivity contribution in [3.63, 3.8) is 0 Å². The predicted octanol–water partition coefficient (Wildman–Crippen LogP) is 2.96. The summed E-state index contributed by atoms with van der Waals surface area (Å²) in [5, 5.41) is 9.53. The number of benzene rings is 2. The second-order valence-electron chi connectivity index (χ2n) is 7.88. The first-order chi connectivity index (χ1) is 16.7. The van der Waals surface area contributed by atoms with E-state index >= 15 is 0 Å². The SMILES string of the molecule is O=C(Nc1ccc(OCc2cc(C(=O)NCCCN3CCOCC3)no2)cc1)c1ccccc1. The number of hydrogen-bond donors (Lipinski definition) is 2. The van der Waals surface area contributed by atoms with Gasteiger partial charge in [-0.1, -0.05) is 23.4 Å². The molecule has 34 heavy (non-hydrogen) atoms. The maximum Gasteiger partial charge on any atom is 0.273 e. The van der Waals surface area contributed by atoms with Crippen LogP contribution in [0.1, 0.15) is 33.0 Å². The molecule has 2 heterocycles. The van der Waals surface area contributed by atoms with Crippen LogP contribution in [-0.4, -0.2) is 61.3 Å². The van der Waals surface area contributed by atoms with E-state index in [4.69, 9.17) is 14.0 Å². The number of morpholine rings is 1. The lowest BCUT2D eigenvalue weighted by Gasteiger charge is -2.26. The summed E-state index contributed by atoms with van der Waals surface area (Å²) in [4.78, 5) is 26.8. The van der Waals surface area contributed by atoms with Crippen molar-refractivity contribution in [2.24, 2.45) is 0 Å². The van der Waals surface area contributed by atoms with Gasteiger partial charge in [-0.25, -0.2) is 0 Å². The van der Waals surface area contributed by atoms with Crippen LogP contribution in [0.2, 0.25) is 0 Å². The van der Waals surface area contributed by atoms with Gasteiger partial charge in [-0.15, -0.1) is 0 Å². The molecule has 178 valence electrons. The first-order valence-corrected chi connectivity index (χ1v) is 11.3. The molecule has 0 aliphatic carbocycles. The summed E-state index contributed by atoms with van der Waals surface area (Å²) in [5.74, 6) is 0.599.